The summed E-state index contributed by atoms with van der Waals surface area (Å²) >= 11 is 0. The number of aromatic nitrogens is 2. The summed E-state index contributed by atoms with van der Waals surface area (Å²) in [5.41, 5.74) is 1.27. The van der Waals surface area contributed by atoms with Gasteiger partial charge in [0.25, 0.3) is 0 Å². The number of aryl methyl sites for hydroxylation is 2. The molecule has 0 radical (unpaired) electrons. The summed E-state index contributed by atoms with van der Waals surface area (Å²) in [6.07, 6.45) is 2.12. The second kappa shape index (κ2) is 2.57. The molecule has 11 heavy (non-hydrogen) atoms. The first-order valence-electron chi connectivity index (χ1n) is 3.73. The van der Waals surface area contributed by atoms with Gasteiger partial charge >= 0.3 is 5.95 Å². The van der Waals surface area contributed by atoms with E-state index in [1.54, 1.807) is 0 Å². The molecule has 1 heterocycles. The van der Waals surface area contributed by atoms with Crippen LogP contribution >= 0.6 is 0 Å². The van der Waals surface area contributed by atoms with Gasteiger partial charge in [-0.2, -0.15) is 0 Å². The molecule has 0 unspecified atom stereocenters. The van der Waals surface area contributed by atoms with E-state index in [0.29, 0.717) is 0 Å². The van der Waals surface area contributed by atoms with Crippen molar-refractivity contribution in [1.29, 1.82) is 0 Å². The highest BCUT2D eigenvalue weighted by Crippen LogP contribution is 2.06. The summed E-state index contributed by atoms with van der Waals surface area (Å²) in [6.45, 7) is 2.10. The van der Waals surface area contributed by atoms with Gasteiger partial charge in [-0.1, -0.05) is 0 Å². The quantitative estimate of drug-likeness (QED) is 0.527. The molecule has 0 aliphatic carbocycles. The maximum Gasteiger partial charge on any atom is 0.359 e. The lowest BCUT2D eigenvalue weighted by molar-refractivity contribution is -0.658. The van der Waals surface area contributed by atoms with Gasteiger partial charge in [0.05, 0.1) is 34.4 Å². The summed E-state index contributed by atoms with van der Waals surface area (Å²) in [7, 11) is 8.23. The fourth-order valence-electron chi connectivity index (χ4n) is 1.43. The van der Waals surface area contributed by atoms with Crippen LogP contribution in [0.5, 0.6) is 0 Å². The Hall–Kier alpha value is -0.990. The normalized spacial score (nSPS) is 10.3. The van der Waals surface area contributed by atoms with Gasteiger partial charge in [-0.05, 0) is 6.92 Å². The van der Waals surface area contributed by atoms with E-state index in [4.69, 9.17) is 0 Å². The van der Waals surface area contributed by atoms with Crippen LogP contribution in [0.25, 0.3) is 0 Å². The number of nitrogens with zero attached hydrogens (tertiary/aromatic N) is 3. The molecule has 0 aliphatic rings. The zero-order chi connectivity index (χ0) is 8.59. The van der Waals surface area contributed by atoms with Crippen molar-refractivity contribution in [2.45, 2.75) is 6.92 Å². The Morgan fingerprint density at radius 2 is 2.00 bits per heavy atom. The van der Waals surface area contributed by atoms with Gasteiger partial charge in [0.2, 0.25) is 0 Å². The van der Waals surface area contributed by atoms with Gasteiger partial charge in [-0.15, -0.1) is 0 Å². The predicted molar refractivity (Wildman–Crippen MR) is 45.7 cm³/mol. The molecule has 0 aliphatic heterocycles. The molecule has 0 saturated heterocycles. The topological polar surface area (TPSA) is 12.1 Å². The number of imidazole rings is 1. The molecule has 1 aromatic heterocycles. The van der Waals surface area contributed by atoms with Crippen LogP contribution in [-0.4, -0.2) is 18.7 Å². The van der Waals surface area contributed by atoms with Crippen molar-refractivity contribution >= 4 is 5.95 Å². The third-order valence-electron chi connectivity index (χ3n) is 1.93. The molecule has 3 nitrogen and oxygen atoms in total. The molecule has 1 aromatic rings. The van der Waals surface area contributed by atoms with E-state index in [0.717, 1.165) is 0 Å². The fourth-order valence-corrected chi connectivity index (χ4v) is 1.43. The molecule has 0 N–H and O–H groups in total. The van der Waals surface area contributed by atoms with Crippen LogP contribution in [-0.2, 0) is 14.1 Å². The van der Waals surface area contributed by atoms with E-state index in [1.165, 1.54) is 11.6 Å². The zero-order valence-electron chi connectivity index (χ0n) is 7.92. The first-order valence-corrected chi connectivity index (χ1v) is 3.73. The van der Waals surface area contributed by atoms with Crippen LogP contribution in [0.15, 0.2) is 6.20 Å². The minimum Gasteiger partial charge on any atom is -0.270 e. The predicted octanol–water partition coefficient (Wildman–Crippen LogP) is 0.224. The second-order valence-corrected chi connectivity index (χ2v) is 3.13. The number of rotatable bonds is 1. The minimum absolute atomic E-state index is 1.21. The van der Waals surface area contributed by atoms with Crippen molar-refractivity contribution in [2.24, 2.45) is 14.1 Å². The smallest absolute Gasteiger partial charge is 0.270 e. The van der Waals surface area contributed by atoms with Crippen LogP contribution in [0.1, 0.15) is 5.69 Å². The van der Waals surface area contributed by atoms with Gasteiger partial charge in [-0.25, -0.2) is 9.13 Å². The van der Waals surface area contributed by atoms with Gasteiger partial charge in [0.15, 0.2) is 0 Å². The summed E-state index contributed by atoms with van der Waals surface area (Å²) in [5.74, 6) is 1.21. The number of hydrogen-bond donors (Lipinski definition) is 0. The molecule has 0 aromatic carbocycles. The number of hydrogen-bond acceptors (Lipinski definition) is 1. The van der Waals surface area contributed by atoms with Crippen LogP contribution in [0.3, 0.4) is 0 Å². The van der Waals surface area contributed by atoms with Crippen LogP contribution in [0.2, 0.25) is 0 Å². The van der Waals surface area contributed by atoms with E-state index in [2.05, 4.69) is 55.3 Å². The van der Waals surface area contributed by atoms with E-state index in [1.807, 2.05) is 0 Å². The fraction of sp³-hybridized carbons (Fsp3) is 0.625. The average molecular weight is 154 g/mol. The standard InChI is InChI=1S/C8H16N3/c1-7-6-10(4)8(9(2)3)11(7)5/h6H,1-5H3/q+1. The van der Waals surface area contributed by atoms with E-state index >= 15 is 0 Å². The molecule has 0 atom stereocenters. The summed E-state index contributed by atoms with van der Waals surface area (Å²) in [5, 5.41) is 0. The third kappa shape index (κ3) is 1.23. The van der Waals surface area contributed by atoms with E-state index < -0.39 is 0 Å². The van der Waals surface area contributed by atoms with Gasteiger partial charge in [0.1, 0.15) is 5.69 Å². The van der Waals surface area contributed by atoms with Crippen LogP contribution < -0.4 is 9.47 Å². The summed E-state index contributed by atoms with van der Waals surface area (Å²) in [4.78, 5) is 2.10. The molecular weight excluding hydrogens is 138 g/mol. The Morgan fingerprint density at radius 3 is 2.18 bits per heavy atom. The molecule has 0 saturated carbocycles. The van der Waals surface area contributed by atoms with Crippen molar-refractivity contribution in [1.82, 2.24) is 4.57 Å². The van der Waals surface area contributed by atoms with E-state index in [-0.39, 0.29) is 0 Å². The molecule has 0 bridgehead atoms. The monoisotopic (exact) mass is 154 g/mol. The summed E-state index contributed by atoms with van der Waals surface area (Å²) < 4.78 is 4.29. The number of anilines is 1. The maximum atomic E-state index is 2.17. The Morgan fingerprint density at radius 1 is 1.45 bits per heavy atom. The van der Waals surface area contributed by atoms with E-state index in [9.17, 15) is 0 Å². The lowest BCUT2D eigenvalue weighted by Crippen LogP contribution is -2.34. The van der Waals surface area contributed by atoms with Crippen molar-refractivity contribution in [3.8, 4) is 0 Å². The SMILES string of the molecule is Cc1c[n+](C)c(N(C)C)n1C. The van der Waals surface area contributed by atoms with Crippen LogP contribution in [0.4, 0.5) is 5.95 Å². The summed E-state index contributed by atoms with van der Waals surface area (Å²) in [6, 6.07) is 0. The highest BCUT2D eigenvalue weighted by molar-refractivity contribution is 5.23. The Kier molecular flexibility index (Phi) is 1.89. The minimum atomic E-state index is 1.21. The Bertz CT molecular complexity index is 261. The van der Waals surface area contributed by atoms with Crippen molar-refractivity contribution in [2.75, 3.05) is 19.0 Å². The highest BCUT2D eigenvalue weighted by Gasteiger charge is 2.15. The molecule has 3 heteroatoms. The van der Waals surface area contributed by atoms with Gasteiger partial charge < -0.3 is 0 Å². The van der Waals surface area contributed by atoms with Crippen molar-refractivity contribution < 1.29 is 4.57 Å². The van der Waals surface area contributed by atoms with Crippen LogP contribution in [0, 0.1) is 6.92 Å². The highest BCUT2D eigenvalue weighted by atomic mass is 15.3. The lowest BCUT2D eigenvalue weighted by atomic mass is 10.5. The third-order valence-corrected chi connectivity index (χ3v) is 1.93. The molecule has 0 amide bonds. The van der Waals surface area contributed by atoms with Gasteiger partial charge in [-0.3, -0.25) is 4.90 Å². The molecule has 1 rings (SSSR count). The lowest BCUT2D eigenvalue weighted by Gasteiger charge is -2.05. The second-order valence-electron chi connectivity index (χ2n) is 3.13. The first-order chi connectivity index (χ1) is 5.04. The Balaban J connectivity index is 3.22. The Labute approximate surface area is 67.9 Å². The molecule has 0 fully saturated rings. The van der Waals surface area contributed by atoms with Crippen molar-refractivity contribution in [3.05, 3.63) is 11.9 Å². The average Bonchev–Trinajstić information content (AvgIpc) is 2.07. The largest absolute Gasteiger partial charge is 0.359 e. The van der Waals surface area contributed by atoms with Gasteiger partial charge in [0, 0.05) is 0 Å². The molecular formula is C8H16N3+. The first kappa shape index (κ1) is 8.11. The maximum absolute atomic E-state index is 2.17. The molecule has 62 valence electrons. The zero-order valence-corrected chi connectivity index (χ0v) is 7.92. The van der Waals surface area contributed by atoms with Crippen molar-refractivity contribution in [3.63, 3.8) is 0 Å². The molecule has 0 spiro atoms.